The lowest BCUT2D eigenvalue weighted by Gasteiger charge is -2.23. The van der Waals surface area contributed by atoms with E-state index in [0.29, 0.717) is 5.69 Å². The summed E-state index contributed by atoms with van der Waals surface area (Å²) >= 11 is 1.48. The fourth-order valence-corrected chi connectivity index (χ4v) is 3.79. The summed E-state index contributed by atoms with van der Waals surface area (Å²) in [6.45, 7) is 1.93. The molecule has 0 aliphatic carbocycles. The van der Waals surface area contributed by atoms with E-state index in [4.69, 9.17) is 0 Å². The van der Waals surface area contributed by atoms with Gasteiger partial charge in [0.25, 0.3) is 5.91 Å². The molecule has 0 atom stereocenters. The number of rotatable bonds is 5. The van der Waals surface area contributed by atoms with Gasteiger partial charge in [-0.2, -0.15) is 5.10 Å². The molecule has 0 unspecified atom stereocenters. The lowest BCUT2D eigenvalue weighted by Crippen LogP contribution is -2.42. The van der Waals surface area contributed by atoms with Crippen LogP contribution in [-0.2, 0) is 0 Å². The molecular formula is C21H25N5O2S. The highest BCUT2D eigenvalue weighted by Gasteiger charge is 2.19. The molecule has 29 heavy (non-hydrogen) atoms. The maximum absolute atomic E-state index is 11.9. The Hall–Kier alpha value is -2.97. The Balaban J connectivity index is 0.000000169. The van der Waals surface area contributed by atoms with Gasteiger partial charge in [-0.1, -0.05) is 30.3 Å². The third kappa shape index (κ3) is 5.75. The van der Waals surface area contributed by atoms with Gasteiger partial charge in [0.05, 0.1) is 16.8 Å². The van der Waals surface area contributed by atoms with Crippen molar-refractivity contribution < 1.29 is 9.59 Å². The van der Waals surface area contributed by atoms with Crippen LogP contribution in [0.3, 0.4) is 0 Å². The molecule has 4 rings (SSSR count). The van der Waals surface area contributed by atoms with Gasteiger partial charge in [0.15, 0.2) is 6.29 Å². The lowest BCUT2D eigenvalue weighted by atomic mass is 10.1. The Morgan fingerprint density at radius 1 is 1.21 bits per heavy atom. The first kappa shape index (κ1) is 20.8. The maximum atomic E-state index is 11.9. The summed E-state index contributed by atoms with van der Waals surface area (Å²) in [6, 6.07) is 12.2. The van der Waals surface area contributed by atoms with Crippen molar-refractivity contribution >= 4 is 29.2 Å². The second-order valence-electron chi connectivity index (χ2n) is 6.63. The zero-order valence-electron chi connectivity index (χ0n) is 16.3. The van der Waals surface area contributed by atoms with Crippen LogP contribution in [0.5, 0.6) is 0 Å². The van der Waals surface area contributed by atoms with Crippen LogP contribution in [0.4, 0.5) is 5.69 Å². The van der Waals surface area contributed by atoms with Gasteiger partial charge in [-0.25, -0.2) is 0 Å². The number of nitrogens with one attached hydrogen (secondary N) is 4. The third-order valence-electron chi connectivity index (χ3n) is 4.65. The Morgan fingerprint density at radius 3 is 2.62 bits per heavy atom. The Kier molecular flexibility index (Phi) is 7.54. The SMILES string of the molecule is CNc1cn[nH]c1C(=O)NC1CCNCC1.O=Cc1cc(-c2ccccc2)cs1. The van der Waals surface area contributed by atoms with Gasteiger partial charge in [-0.3, -0.25) is 14.7 Å². The number of benzene rings is 1. The molecule has 0 radical (unpaired) electrons. The molecule has 8 heteroatoms. The molecule has 1 aromatic carbocycles. The van der Waals surface area contributed by atoms with Crippen molar-refractivity contribution in [3.63, 3.8) is 0 Å². The van der Waals surface area contributed by atoms with E-state index in [1.165, 1.54) is 11.3 Å². The van der Waals surface area contributed by atoms with Gasteiger partial charge in [-0.15, -0.1) is 11.3 Å². The highest BCUT2D eigenvalue weighted by Crippen LogP contribution is 2.24. The predicted molar refractivity (Wildman–Crippen MR) is 117 cm³/mol. The minimum absolute atomic E-state index is 0.0891. The number of nitrogens with zero attached hydrogens (tertiary/aromatic N) is 1. The molecule has 0 saturated carbocycles. The quantitative estimate of drug-likeness (QED) is 0.484. The van der Waals surface area contributed by atoms with Crippen molar-refractivity contribution in [1.29, 1.82) is 0 Å². The van der Waals surface area contributed by atoms with Crippen LogP contribution >= 0.6 is 11.3 Å². The smallest absolute Gasteiger partial charge is 0.271 e. The van der Waals surface area contributed by atoms with Gasteiger partial charge in [-0.05, 0) is 48.5 Å². The number of hydrogen-bond donors (Lipinski definition) is 4. The third-order valence-corrected chi connectivity index (χ3v) is 5.51. The molecular weight excluding hydrogens is 386 g/mol. The molecule has 1 amide bonds. The molecule has 3 heterocycles. The van der Waals surface area contributed by atoms with Crippen LogP contribution in [0.15, 0.2) is 48.0 Å². The molecule has 7 nitrogen and oxygen atoms in total. The van der Waals surface area contributed by atoms with Crippen molar-refractivity contribution in [2.75, 3.05) is 25.5 Å². The fourth-order valence-electron chi connectivity index (χ4n) is 3.07. The number of carbonyl (C=O) groups is 2. The molecule has 4 N–H and O–H groups in total. The topological polar surface area (TPSA) is 98.9 Å². The van der Waals surface area contributed by atoms with Crippen molar-refractivity contribution in [3.8, 4) is 11.1 Å². The van der Waals surface area contributed by atoms with Gasteiger partial charge >= 0.3 is 0 Å². The average molecular weight is 412 g/mol. The fraction of sp³-hybridized carbons (Fsp3) is 0.286. The summed E-state index contributed by atoms with van der Waals surface area (Å²) in [5, 5.41) is 17.7. The molecule has 1 fully saturated rings. The average Bonchev–Trinajstić information content (AvgIpc) is 3.45. The summed E-state index contributed by atoms with van der Waals surface area (Å²) < 4.78 is 0. The van der Waals surface area contributed by atoms with Crippen LogP contribution in [0.1, 0.15) is 33.0 Å². The number of thiophene rings is 1. The van der Waals surface area contributed by atoms with Crippen molar-refractivity contribution in [1.82, 2.24) is 20.8 Å². The number of hydrogen-bond acceptors (Lipinski definition) is 6. The monoisotopic (exact) mass is 411 g/mol. The molecule has 3 aromatic rings. The summed E-state index contributed by atoms with van der Waals surface area (Å²) in [4.78, 5) is 23.1. The van der Waals surface area contributed by atoms with Gasteiger partial charge in [0.2, 0.25) is 0 Å². The van der Waals surface area contributed by atoms with Crippen LogP contribution in [-0.4, -0.2) is 48.6 Å². The van der Waals surface area contributed by atoms with Crippen molar-refractivity contribution in [2.45, 2.75) is 18.9 Å². The summed E-state index contributed by atoms with van der Waals surface area (Å²) in [5.74, 6) is -0.0891. The number of aromatic nitrogens is 2. The van der Waals surface area contributed by atoms with E-state index in [1.807, 2.05) is 41.8 Å². The summed E-state index contributed by atoms with van der Waals surface area (Å²) in [6.07, 6.45) is 4.46. The maximum Gasteiger partial charge on any atom is 0.271 e. The zero-order valence-corrected chi connectivity index (χ0v) is 17.1. The zero-order chi connectivity index (χ0) is 20.5. The van der Waals surface area contributed by atoms with E-state index >= 15 is 0 Å². The summed E-state index contributed by atoms with van der Waals surface area (Å²) in [7, 11) is 1.77. The number of anilines is 1. The highest BCUT2D eigenvalue weighted by molar-refractivity contribution is 7.12. The Bertz CT molecular complexity index is 916. The number of carbonyl (C=O) groups excluding carboxylic acids is 2. The van der Waals surface area contributed by atoms with Gasteiger partial charge in [0.1, 0.15) is 5.69 Å². The normalized spacial score (nSPS) is 13.8. The van der Waals surface area contributed by atoms with Crippen molar-refractivity contribution in [2.24, 2.45) is 0 Å². The van der Waals surface area contributed by atoms with Crippen LogP contribution in [0.2, 0.25) is 0 Å². The van der Waals surface area contributed by atoms with Crippen LogP contribution in [0, 0.1) is 0 Å². The second kappa shape index (κ2) is 10.5. The van der Waals surface area contributed by atoms with Crippen molar-refractivity contribution in [3.05, 3.63) is 58.5 Å². The first-order valence-corrected chi connectivity index (χ1v) is 10.4. The Labute approximate surface area is 173 Å². The van der Waals surface area contributed by atoms with Crippen LogP contribution < -0.4 is 16.0 Å². The van der Waals surface area contributed by atoms with E-state index < -0.39 is 0 Å². The van der Waals surface area contributed by atoms with E-state index in [-0.39, 0.29) is 11.9 Å². The molecule has 1 aliphatic heterocycles. The highest BCUT2D eigenvalue weighted by atomic mass is 32.1. The molecule has 1 aliphatic rings. The number of aldehydes is 1. The minimum Gasteiger partial charge on any atom is -0.385 e. The second-order valence-corrected chi connectivity index (χ2v) is 7.57. The minimum atomic E-state index is -0.0891. The standard InChI is InChI=1S/C11H8OS.C10H17N5O/c12-7-11-6-10(8-13-11)9-4-2-1-3-5-9;1-11-8-6-13-15-9(8)10(16)14-7-2-4-12-5-3-7/h1-8H;6-7,11-12H,2-5H2,1H3,(H,13,15)(H,14,16). The summed E-state index contributed by atoms with van der Waals surface area (Å²) in [5.41, 5.74) is 3.51. The lowest BCUT2D eigenvalue weighted by molar-refractivity contribution is 0.0925. The van der Waals surface area contributed by atoms with Gasteiger partial charge in [0, 0.05) is 13.1 Å². The molecule has 0 spiro atoms. The predicted octanol–water partition coefficient (Wildman–Crippen LogP) is 3.16. The molecule has 2 aromatic heterocycles. The molecule has 152 valence electrons. The molecule has 0 bridgehead atoms. The number of aromatic amines is 1. The molecule has 1 saturated heterocycles. The van der Waals surface area contributed by atoms with E-state index in [0.717, 1.165) is 53.9 Å². The first-order chi connectivity index (χ1) is 14.2. The Morgan fingerprint density at radius 2 is 1.97 bits per heavy atom. The van der Waals surface area contributed by atoms with Gasteiger partial charge < -0.3 is 16.0 Å². The van der Waals surface area contributed by atoms with E-state index in [2.05, 4.69) is 26.1 Å². The van der Waals surface area contributed by atoms with E-state index in [1.54, 1.807) is 13.2 Å². The number of piperidine rings is 1. The number of H-pyrrole nitrogens is 1. The number of amides is 1. The first-order valence-electron chi connectivity index (χ1n) is 9.53. The van der Waals surface area contributed by atoms with E-state index in [9.17, 15) is 9.59 Å². The largest absolute Gasteiger partial charge is 0.385 e. The van der Waals surface area contributed by atoms with Crippen LogP contribution in [0.25, 0.3) is 11.1 Å².